The average Bonchev–Trinajstić information content (AvgIpc) is 3.05. The molecule has 0 amide bonds. The molecule has 1 aromatic rings. The second kappa shape index (κ2) is 6.41. The molecule has 1 fully saturated rings. The normalized spacial score (nSPS) is 21.5. The van der Waals surface area contributed by atoms with E-state index in [0.717, 1.165) is 13.1 Å². The SMILES string of the molecule is CC(NCC1CCN(C(C)C)C1)c1ccc(C(=O)O)o1. The maximum atomic E-state index is 10.8. The fraction of sp³-hybridized carbons (Fsp3) is 0.667. The number of likely N-dealkylation sites (tertiary alicyclic amines) is 1. The molecule has 2 unspecified atom stereocenters. The first-order valence-electron chi connectivity index (χ1n) is 7.28. The molecule has 2 N–H and O–H groups in total. The minimum absolute atomic E-state index is 0.000462. The number of rotatable bonds is 6. The Kier molecular flexibility index (Phi) is 4.83. The topological polar surface area (TPSA) is 65.7 Å². The number of carboxylic acid groups (broad SMARTS) is 1. The van der Waals surface area contributed by atoms with Crippen molar-refractivity contribution < 1.29 is 14.3 Å². The molecule has 0 aliphatic carbocycles. The lowest BCUT2D eigenvalue weighted by molar-refractivity contribution is 0.0659. The van der Waals surface area contributed by atoms with Gasteiger partial charge in [0.05, 0.1) is 6.04 Å². The average molecular weight is 280 g/mol. The third-order valence-electron chi connectivity index (χ3n) is 4.02. The Morgan fingerprint density at radius 2 is 2.25 bits per heavy atom. The van der Waals surface area contributed by atoms with Gasteiger partial charge in [0.1, 0.15) is 5.76 Å². The van der Waals surface area contributed by atoms with Gasteiger partial charge in [-0.15, -0.1) is 0 Å². The van der Waals surface area contributed by atoms with Gasteiger partial charge in [-0.2, -0.15) is 0 Å². The predicted octanol–water partition coefficient (Wildman–Crippen LogP) is 2.36. The molecule has 0 saturated carbocycles. The summed E-state index contributed by atoms with van der Waals surface area (Å²) < 4.78 is 5.31. The zero-order valence-electron chi connectivity index (χ0n) is 12.4. The highest BCUT2D eigenvalue weighted by Crippen LogP contribution is 2.20. The van der Waals surface area contributed by atoms with Crippen LogP contribution in [0.4, 0.5) is 0 Å². The zero-order valence-corrected chi connectivity index (χ0v) is 12.4. The van der Waals surface area contributed by atoms with Crippen LogP contribution in [0.25, 0.3) is 0 Å². The molecule has 5 heteroatoms. The van der Waals surface area contributed by atoms with Gasteiger partial charge in [0.25, 0.3) is 0 Å². The van der Waals surface area contributed by atoms with E-state index in [9.17, 15) is 4.79 Å². The van der Waals surface area contributed by atoms with E-state index in [2.05, 4.69) is 24.1 Å². The largest absolute Gasteiger partial charge is 0.475 e. The fourth-order valence-electron chi connectivity index (χ4n) is 2.64. The van der Waals surface area contributed by atoms with E-state index in [1.807, 2.05) is 6.92 Å². The van der Waals surface area contributed by atoms with Gasteiger partial charge in [-0.1, -0.05) is 0 Å². The smallest absolute Gasteiger partial charge is 0.371 e. The lowest BCUT2D eigenvalue weighted by atomic mass is 10.1. The number of hydrogen-bond acceptors (Lipinski definition) is 4. The highest BCUT2D eigenvalue weighted by atomic mass is 16.4. The lowest BCUT2D eigenvalue weighted by Crippen LogP contribution is -2.31. The van der Waals surface area contributed by atoms with Gasteiger partial charge in [-0.3, -0.25) is 0 Å². The van der Waals surface area contributed by atoms with Crippen molar-refractivity contribution in [2.24, 2.45) is 5.92 Å². The quantitative estimate of drug-likeness (QED) is 0.837. The van der Waals surface area contributed by atoms with Crippen LogP contribution in [0.5, 0.6) is 0 Å². The molecule has 112 valence electrons. The number of carbonyl (C=O) groups is 1. The first-order chi connectivity index (χ1) is 9.47. The summed E-state index contributed by atoms with van der Waals surface area (Å²) in [6.07, 6.45) is 1.22. The van der Waals surface area contributed by atoms with Crippen LogP contribution >= 0.6 is 0 Å². The summed E-state index contributed by atoms with van der Waals surface area (Å²) in [5.74, 6) is 0.321. The van der Waals surface area contributed by atoms with Gasteiger partial charge in [-0.25, -0.2) is 4.79 Å². The predicted molar refractivity (Wildman–Crippen MR) is 76.9 cm³/mol. The van der Waals surface area contributed by atoms with Crippen molar-refractivity contribution in [1.82, 2.24) is 10.2 Å². The molecule has 2 heterocycles. The fourth-order valence-corrected chi connectivity index (χ4v) is 2.64. The van der Waals surface area contributed by atoms with Crippen LogP contribution in [-0.4, -0.2) is 41.7 Å². The van der Waals surface area contributed by atoms with Crippen LogP contribution in [0.15, 0.2) is 16.5 Å². The van der Waals surface area contributed by atoms with Gasteiger partial charge < -0.3 is 19.7 Å². The van der Waals surface area contributed by atoms with Crippen molar-refractivity contribution in [2.45, 2.75) is 39.3 Å². The maximum absolute atomic E-state index is 10.8. The Hall–Kier alpha value is -1.33. The molecule has 0 spiro atoms. The van der Waals surface area contributed by atoms with Crippen LogP contribution in [0.3, 0.4) is 0 Å². The van der Waals surface area contributed by atoms with E-state index in [0.29, 0.717) is 17.7 Å². The molecule has 2 rings (SSSR count). The van der Waals surface area contributed by atoms with E-state index >= 15 is 0 Å². The second-order valence-electron chi connectivity index (χ2n) is 5.88. The number of nitrogens with zero attached hydrogens (tertiary/aromatic N) is 1. The van der Waals surface area contributed by atoms with E-state index in [1.54, 1.807) is 6.07 Å². The second-order valence-corrected chi connectivity index (χ2v) is 5.88. The van der Waals surface area contributed by atoms with Crippen molar-refractivity contribution in [3.63, 3.8) is 0 Å². The molecular weight excluding hydrogens is 256 g/mol. The van der Waals surface area contributed by atoms with Crippen LogP contribution in [0.2, 0.25) is 0 Å². The highest BCUT2D eigenvalue weighted by molar-refractivity contribution is 5.84. The highest BCUT2D eigenvalue weighted by Gasteiger charge is 2.24. The van der Waals surface area contributed by atoms with Gasteiger partial charge in [-0.05, 0) is 58.3 Å². The molecular formula is C15H24N2O3. The summed E-state index contributed by atoms with van der Waals surface area (Å²) in [5.41, 5.74) is 0. The van der Waals surface area contributed by atoms with Crippen molar-refractivity contribution in [1.29, 1.82) is 0 Å². The van der Waals surface area contributed by atoms with Crippen molar-refractivity contribution in [2.75, 3.05) is 19.6 Å². The Morgan fingerprint density at radius 3 is 2.80 bits per heavy atom. The number of hydrogen-bond donors (Lipinski definition) is 2. The monoisotopic (exact) mass is 280 g/mol. The van der Waals surface area contributed by atoms with Crippen LogP contribution in [0.1, 0.15) is 49.5 Å². The number of carboxylic acids is 1. The number of furan rings is 1. The first kappa shape index (κ1) is 15.1. The summed E-state index contributed by atoms with van der Waals surface area (Å²) >= 11 is 0. The zero-order chi connectivity index (χ0) is 14.7. The molecule has 2 atom stereocenters. The van der Waals surface area contributed by atoms with E-state index in [4.69, 9.17) is 9.52 Å². The van der Waals surface area contributed by atoms with E-state index in [-0.39, 0.29) is 11.8 Å². The molecule has 1 saturated heterocycles. The molecule has 1 aliphatic rings. The van der Waals surface area contributed by atoms with Crippen molar-refractivity contribution in [3.05, 3.63) is 23.7 Å². The third-order valence-corrected chi connectivity index (χ3v) is 4.02. The number of aromatic carboxylic acids is 1. The standard InChI is InChI=1S/C15H24N2O3/c1-10(2)17-7-6-12(9-17)8-16-11(3)13-4-5-14(20-13)15(18)19/h4-5,10-12,16H,6-9H2,1-3H3,(H,18,19). The molecule has 1 aromatic heterocycles. The first-order valence-corrected chi connectivity index (χ1v) is 7.28. The Morgan fingerprint density at radius 1 is 1.50 bits per heavy atom. The van der Waals surface area contributed by atoms with Crippen molar-refractivity contribution >= 4 is 5.97 Å². The molecule has 0 radical (unpaired) electrons. The third kappa shape index (κ3) is 3.61. The summed E-state index contributed by atoms with van der Waals surface area (Å²) in [6.45, 7) is 9.70. The van der Waals surface area contributed by atoms with Gasteiger partial charge in [0.2, 0.25) is 5.76 Å². The molecule has 0 bridgehead atoms. The lowest BCUT2D eigenvalue weighted by Gasteiger charge is -2.21. The van der Waals surface area contributed by atoms with Crippen LogP contribution < -0.4 is 5.32 Å². The molecule has 1 aliphatic heterocycles. The minimum Gasteiger partial charge on any atom is -0.475 e. The van der Waals surface area contributed by atoms with Crippen LogP contribution in [0, 0.1) is 5.92 Å². The minimum atomic E-state index is -1.02. The summed E-state index contributed by atoms with van der Waals surface area (Å²) in [7, 11) is 0. The summed E-state index contributed by atoms with van der Waals surface area (Å²) in [6, 6.07) is 3.89. The maximum Gasteiger partial charge on any atom is 0.371 e. The Labute approximate surface area is 119 Å². The van der Waals surface area contributed by atoms with Crippen LogP contribution in [-0.2, 0) is 0 Å². The van der Waals surface area contributed by atoms with Gasteiger partial charge in [0.15, 0.2) is 0 Å². The Balaban J connectivity index is 1.80. The molecule has 0 aromatic carbocycles. The van der Waals surface area contributed by atoms with E-state index < -0.39 is 5.97 Å². The van der Waals surface area contributed by atoms with Gasteiger partial charge >= 0.3 is 5.97 Å². The van der Waals surface area contributed by atoms with E-state index in [1.165, 1.54) is 19.0 Å². The number of nitrogens with one attached hydrogen (secondary N) is 1. The molecule has 5 nitrogen and oxygen atoms in total. The Bertz CT molecular complexity index is 456. The summed E-state index contributed by atoms with van der Waals surface area (Å²) in [5, 5.41) is 12.3. The molecule has 20 heavy (non-hydrogen) atoms. The van der Waals surface area contributed by atoms with Crippen molar-refractivity contribution in [3.8, 4) is 0 Å². The van der Waals surface area contributed by atoms with Gasteiger partial charge in [0, 0.05) is 12.6 Å². The summed E-state index contributed by atoms with van der Waals surface area (Å²) in [4.78, 5) is 13.3.